The first-order valence-electron chi connectivity index (χ1n) is 7.97. The van der Waals surface area contributed by atoms with Crippen molar-refractivity contribution in [2.75, 3.05) is 13.1 Å². The highest BCUT2D eigenvalue weighted by Crippen LogP contribution is 2.24. The van der Waals surface area contributed by atoms with Crippen LogP contribution in [-0.2, 0) is 16.6 Å². The first kappa shape index (κ1) is 17.4. The maximum Gasteiger partial charge on any atom is 0.244 e. The third-order valence-corrected chi connectivity index (χ3v) is 6.30. The molecule has 0 aliphatic carbocycles. The summed E-state index contributed by atoms with van der Waals surface area (Å²) < 4.78 is 30.2. The van der Waals surface area contributed by atoms with Gasteiger partial charge in [-0.25, -0.2) is 13.1 Å². The van der Waals surface area contributed by atoms with Gasteiger partial charge in [-0.2, -0.15) is 5.10 Å². The number of likely N-dealkylation sites (tertiary alicyclic amines) is 1. The Morgan fingerprint density at radius 3 is 2.41 bits per heavy atom. The fourth-order valence-electron chi connectivity index (χ4n) is 3.21. The molecule has 1 saturated heterocycles. The first-order valence-corrected chi connectivity index (χ1v) is 9.46. The summed E-state index contributed by atoms with van der Waals surface area (Å²) in [6.07, 6.45) is 0. The van der Waals surface area contributed by atoms with Gasteiger partial charge in [0.25, 0.3) is 0 Å². The van der Waals surface area contributed by atoms with Gasteiger partial charge in [0.1, 0.15) is 4.90 Å². The van der Waals surface area contributed by atoms with E-state index in [1.807, 2.05) is 13.8 Å². The molecule has 1 aromatic rings. The van der Waals surface area contributed by atoms with E-state index in [9.17, 15) is 8.42 Å². The van der Waals surface area contributed by atoms with Gasteiger partial charge in [-0.15, -0.1) is 0 Å². The average molecular weight is 328 g/mol. The van der Waals surface area contributed by atoms with Crippen molar-refractivity contribution in [2.24, 2.45) is 5.92 Å². The van der Waals surface area contributed by atoms with Crippen LogP contribution in [0.4, 0.5) is 0 Å². The molecule has 0 bridgehead atoms. The Kier molecular flexibility index (Phi) is 4.99. The van der Waals surface area contributed by atoms with Crippen LogP contribution in [0.1, 0.15) is 39.1 Å². The molecule has 0 saturated carbocycles. The lowest BCUT2D eigenvalue weighted by molar-refractivity contribution is 0.265. The van der Waals surface area contributed by atoms with Crippen molar-refractivity contribution in [2.45, 2.75) is 65.1 Å². The summed E-state index contributed by atoms with van der Waals surface area (Å²) in [6, 6.07) is 0.388. The Balaban J connectivity index is 2.24. The van der Waals surface area contributed by atoms with Crippen LogP contribution in [0.5, 0.6) is 0 Å². The van der Waals surface area contributed by atoms with E-state index in [0.29, 0.717) is 34.8 Å². The zero-order chi connectivity index (χ0) is 16.7. The highest BCUT2D eigenvalue weighted by molar-refractivity contribution is 7.89. The minimum Gasteiger partial charge on any atom is -0.299 e. The van der Waals surface area contributed by atoms with Crippen LogP contribution < -0.4 is 4.72 Å². The first-order chi connectivity index (χ1) is 10.2. The molecule has 0 spiro atoms. The smallest absolute Gasteiger partial charge is 0.244 e. The molecule has 0 amide bonds. The van der Waals surface area contributed by atoms with Crippen molar-refractivity contribution in [3.63, 3.8) is 0 Å². The number of aryl methyl sites for hydroxylation is 2. The number of hydrogen-bond donors (Lipinski definition) is 1. The molecule has 2 rings (SSSR count). The van der Waals surface area contributed by atoms with E-state index >= 15 is 0 Å². The lowest BCUT2D eigenvalue weighted by atomic mass is 10.1. The van der Waals surface area contributed by atoms with Gasteiger partial charge in [0.2, 0.25) is 10.0 Å². The van der Waals surface area contributed by atoms with Crippen molar-refractivity contribution >= 4 is 10.0 Å². The summed E-state index contributed by atoms with van der Waals surface area (Å²) in [6.45, 7) is 14.3. The van der Waals surface area contributed by atoms with Crippen molar-refractivity contribution in [3.8, 4) is 0 Å². The Morgan fingerprint density at radius 1 is 1.32 bits per heavy atom. The lowest BCUT2D eigenvalue weighted by Crippen LogP contribution is -2.40. The highest BCUT2D eigenvalue weighted by Gasteiger charge is 2.35. The van der Waals surface area contributed by atoms with Crippen LogP contribution >= 0.6 is 0 Å². The maximum absolute atomic E-state index is 12.8. The molecule has 7 heteroatoms. The van der Waals surface area contributed by atoms with Crippen molar-refractivity contribution in [1.82, 2.24) is 19.4 Å². The van der Waals surface area contributed by atoms with Gasteiger partial charge in [-0.1, -0.05) is 6.92 Å². The normalized spacial score (nSPS) is 23.6. The molecule has 2 heterocycles. The Morgan fingerprint density at radius 2 is 1.95 bits per heavy atom. The number of rotatable bonds is 5. The van der Waals surface area contributed by atoms with E-state index in [1.165, 1.54) is 0 Å². The molecular formula is C15H28N4O2S. The predicted molar refractivity (Wildman–Crippen MR) is 87.4 cm³/mol. The zero-order valence-electron chi connectivity index (χ0n) is 14.4. The number of nitrogens with one attached hydrogen (secondary N) is 1. The zero-order valence-corrected chi connectivity index (χ0v) is 15.2. The minimum atomic E-state index is -3.54. The SMILES string of the molecule is CCn1nc(C)c(S(=O)(=O)N[C@@H]2CN(C(C)C)C[C@@H]2C)c1C. The monoisotopic (exact) mass is 328 g/mol. The second-order valence-corrected chi connectivity index (χ2v) is 8.22. The Bertz CT molecular complexity index is 636. The molecule has 0 unspecified atom stereocenters. The van der Waals surface area contributed by atoms with Gasteiger partial charge in [0.15, 0.2) is 0 Å². The van der Waals surface area contributed by atoms with E-state index in [-0.39, 0.29) is 6.04 Å². The predicted octanol–water partition coefficient (Wildman–Crippen LogP) is 1.53. The summed E-state index contributed by atoms with van der Waals surface area (Å²) in [4.78, 5) is 2.65. The van der Waals surface area contributed by atoms with E-state index in [1.54, 1.807) is 11.6 Å². The summed E-state index contributed by atoms with van der Waals surface area (Å²) in [7, 11) is -3.54. The molecule has 1 aliphatic heterocycles. The van der Waals surface area contributed by atoms with Gasteiger partial charge in [0, 0.05) is 31.7 Å². The number of aromatic nitrogens is 2. The average Bonchev–Trinajstić information content (AvgIpc) is 2.90. The molecule has 6 nitrogen and oxygen atoms in total. The molecule has 1 aromatic heterocycles. The van der Waals surface area contributed by atoms with Gasteiger partial charge in [-0.05, 0) is 40.5 Å². The lowest BCUT2D eigenvalue weighted by Gasteiger charge is -2.20. The largest absolute Gasteiger partial charge is 0.299 e. The summed E-state index contributed by atoms with van der Waals surface area (Å²) >= 11 is 0. The quantitative estimate of drug-likeness (QED) is 0.890. The van der Waals surface area contributed by atoms with E-state index < -0.39 is 10.0 Å². The van der Waals surface area contributed by atoms with Crippen molar-refractivity contribution < 1.29 is 8.42 Å². The summed E-state index contributed by atoms with van der Waals surface area (Å²) in [5.41, 5.74) is 1.28. The molecule has 0 aromatic carbocycles. The van der Waals surface area contributed by atoms with Crippen LogP contribution in [0.3, 0.4) is 0 Å². The van der Waals surface area contributed by atoms with Crippen LogP contribution in [-0.4, -0.2) is 48.3 Å². The molecule has 0 radical (unpaired) electrons. The van der Waals surface area contributed by atoms with Gasteiger partial charge in [0.05, 0.1) is 11.4 Å². The van der Waals surface area contributed by atoms with Gasteiger partial charge < -0.3 is 0 Å². The highest BCUT2D eigenvalue weighted by atomic mass is 32.2. The van der Waals surface area contributed by atoms with E-state index in [0.717, 1.165) is 13.1 Å². The topological polar surface area (TPSA) is 67.2 Å². The van der Waals surface area contributed by atoms with Gasteiger partial charge >= 0.3 is 0 Å². The Labute approximate surface area is 133 Å². The molecule has 126 valence electrons. The third kappa shape index (κ3) is 3.21. The third-order valence-electron chi connectivity index (χ3n) is 4.56. The summed E-state index contributed by atoms with van der Waals surface area (Å²) in [5.74, 6) is 0.305. The van der Waals surface area contributed by atoms with Crippen molar-refractivity contribution in [1.29, 1.82) is 0 Å². The second kappa shape index (κ2) is 6.29. The summed E-state index contributed by atoms with van der Waals surface area (Å²) in [5, 5.41) is 4.32. The van der Waals surface area contributed by atoms with Crippen LogP contribution in [0, 0.1) is 19.8 Å². The Hall–Kier alpha value is -0.920. The standard InChI is InChI=1S/C15H28N4O2S/c1-7-19-13(6)15(12(5)16-19)22(20,21)17-14-9-18(10(2)3)8-11(14)4/h10-11,14,17H,7-9H2,1-6H3/t11-,14+/m0/s1. The van der Waals surface area contributed by atoms with Crippen LogP contribution in [0.2, 0.25) is 0 Å². The van der Waals surface area contributed by atoms with Crippen LogP contribution in [0.15, 0.2) is 4.90 Å². The van der Waals surface area contributed by atoms with Gasteiger partial charge in [-0.3, -0.25) is 9.58 Å². The molecule has 1 fully saturated rings. The molecular weight excluding hydrogens is 300 g/mol. The number of hydrogen-bond acceptors (Lipinski definition) is 4. The maximum atomic E-state index is 12.8. The molecule has 1 N–H and O–H groups in total. The number of sulfonamides is 1. The fraction of sp³-hybridized carbons (Fsp3) is 0.800. The fourth-order valence-corrected chi connectivity index (χ4v) is 4.96. The van der Waals surface area contributed by atoms with E-state index in [2.05, 4.69) is 35.5 Å². The molecule has 22 heavy (non-hydrogen) atoms. The van der Waals surface area contributed by atoms with E-state index in [4.69, 9.17) is 0 Å². The second-order valence-electron chi connectivity index (χ2n) is 6.57. The minimum absolute atomic E-state index is 0.0452. The van der Waals surface area contributed by atoms with Crippen molar-refractivity contribution in [3.05, 3.63) is 11.4 Å². The molecule has 2 atom stereocenters. The van der Waals surface area contributed by atoms with Crippen LogP contribution in [0.25, 0.3) is 0 Å². The number of nitrogens with zero attached hydrogens (tertiary/aromatic N) is 3. The molecule has 1 aliphatic rings.